The third-order valence-corrected chi connectivity index (χ3v) is 21.9. The van der Waals surface area contributed by atoms with Crippen molar-refractivity contribution in [1.82, 2.24) is 44.9 Å². The minimum Gasteiger partial charge on any atom is -0.208 e. The van der Waals surface area contributed by atoms with E-state index in [0.29, 0.717) is 52.4 Å². The Hall–Kier alpha value is -16.2. The fourth-order valence-corrected chi connectivity index (χ4v) is 15.9. The Kier molecular flexibility index (Phi) is 20.0. The van der Waals surface area contributed by atoms with Gasteiger partial charge in [0.15, 0.2) is 52.4 Å². The van der Waals surface area contributed by atoms with E-state index in [2.05, 4.69) is 334 Å². The minimum atomic E-state index is 0.645. The topological polar surface area (TPSA) is 116 Å². The van der Waals surface area contributed by atoms with Gasteiger partial charge < -0.3 is 0 Å². The lowest BCUT2D eigenvalue weighted by Gasteiger charge is -2.12. The molecule has 22 rings (SSSR count). The van der Waals surface area contributed by atoms with Crippen LogP contribution in [0.4, 0.5) is 0 Å². The van der Waals surface area contributed by atoms with E-state index < -0.39 is 0 Å². The average Bonchev–Trinajstić information content (AvgIpc) is 0.597. The molecular weight excluding hydrogens is 1460 g/mol. The van der Waals surface area contributed by atoms with Crippen molar-refractivity contribution >= 4 is 64.6 Å². The van der Waals surface area contributed by atoms with E-state index in [4.69, 9.17) is 44.9 Å². The molecule has 9 heteroatoms. The summed E-state index contributed by atoms with van der Waals surface area (Å²) in [6.07, 6.45) is 0. The van der Waals surface area contributed by atoms with Gasteiger partial charge in [0.05, 0.1) is 0 Å². The number of nitrogens with zero attached hydrogens (tertiary/aromatic N) is 9. The van der Waals surface area contributed by atoms with Gasteiger partial charge in [0, 0.05) is 50.1 Å². The summed E-state index contributed by atoms with van der Waals surface area (Å²) in [4.78, 5) is 44.8. The van der Waals surface area contributed by atoms with Crippen molar-refractivity contribution in [2.75, 3.05) is 0 Å². The lowest BCUT2D eigenvalue weighted by atomic mass is 9.92. The number of rotatable bonds is 13. The highest BCUT2D eigenvalue weighted by Crippen LogP contribution is 2.40. The molecule has 0 aliphatic rings. The fraction of sp³-hybridized carbons (Fsp3) is 0. The van der Waals surface area contributed by atoms with Gasteiger partial charge >= 0.3 is 0 Å². The molecule has 19 aromatic carbocycles. The summed E-state index contributed by atoms with van der Waals surface area (Å²) in [5.41, 5.74) is 17.9. The van der Waals surface area contributed by atoms with Crippen LogP contribution in [0.2, 0.25) is 0 Å². The molecule has 0 amide bonds. The van der Waals surface area contributed by atoms with Gasteiger partial charge in [-0.25, -0.2) is 44.9 Å². The van der Waals surface area contributed by atoms with Gasteiger partial charge in [-0.05, 0) is 146 Å². The number of fused-ring (bicyclic) bond motifs is 9. The third-order valence-electron chi connectivity index (χ3n) is 21.9. The van der Waals surface area contributed by atoms with Crippen LogP contribution in [0.25, 0.3) is 212 Å². The maximum atomic E-state index is 5.06. The van der Waals surface area contributed by atoms with Crippen LogP contribution in [-0.4, -0.2) is 44.9 Å². The molecule has 0 fully saturated rings. The van der Waals surface area contributed by atoms with Crippen molar-refractivity contribution in [1.29, 1.82) is 0 Å². The Morgan fingerprint density at radius 1 is 0.100 bits per heavy atom. The molecule has 562 valence electrons. The Bertz CT molecular complexity index is 7340. The summed E-state index contributed by atoms with van der Waals surface area (Å²) in [7, 11) is 0. The number of hydrogen-bond acceptors (Lipinski definition) is 9. The standard InChI is InChI=1S/C41H27N3.2C35H23N3/c1-3-11-28(12-4-1)31-16-9-18-34(25-31)39-42-40(35-19-10-17-32(26-35)29-13-5-2-6-14-29)44-41(43-39)36-23-24-38-33(27-36)22-21-30-15-7-8-20-37(30)38;1-3-12-24(13-4-1)33-36-34(25-14-5-2-6-15-25)38-35(37-33)28-18-11-17-26(22-28)32-23-27-16-7-8-19-29(27)30-20-9-10-21-31(30)32;1-3-11-24(12-4-1)25-19-21-27(22-20-25)34-36-33(26-13-5-2-6-14-26)37-35(38-34)32-23-28-15-7-8-16-29(28)30-17-9-10-18-31(30)32/h1-27H;2*1-23H. The summed E-state index contributed by atoms with van der Waals surface area (Å²) in [5, 5.41) is 14.5. The molecule has 0 saturated heterocycles. The molecule has 3 heterocycles. The van der Waals surface area contributed by atoms with Gasteiger partial charge in [-0.3, -0.25) is 0 Å². The number of benzene rings is 19. The maximum Gasteiger partial charge on any atom is 0.164 e. The Balaban J connectivity index is 0.000000115. The van der Waals surface area contributed by atoms with Crippen LogP contribution in [0.1, 0.15) is 0 Å². The van der Waals surface area contributed by atoms with Crippen LogP contribution in [0.15, 0.2) is 443 Å². The first-order valence-corrected chi connectivity index (χ1v) is 40.2. The smallest absolute Gasteiger partial charge is 0.164 e. The van der Waals surface area contributed by atoms with E-state index in [-0.39, 0.29) is 0 Å². The molecule has 0 saturated carbocycles. The molecule has 0 N–H and O–H groups in total. The quantitative estimate of drug-likeness (QED) is 0.104. The highest BCUT2D eigenvalue weighted by Gasteiger charge is 2.21. The second-order valence-electron chi connectivity index (χ2n) is 29.5. The van der Waals surface area contributed by atoms with E-state index in [1.54, 1.807) is 0 Å². The van der Waals surface area contributed by atoms with Gasteiger partial charge in [0.2, 0.25) is 0 Å². The van der Waals surface area contributed by atoms with E-state index in [0.717, 1.165) is 99.6 Å². The Morgan fingerprint density at radius 2 is 0.325 bits per heavy atom. The van der Waals surface area contributed by atoms with Gasteiger partial charge in [0.1, 0.15) is 0 Å². The summed E-state index contributed by atoms with van der Waals surface area (Å²) < 4.78 is 0. The van der Waals surface area contributed by atoms with Crippen LogP contribution >= 0.6 is 0 Å². The van der Waals surface area contributed by atoms with Crippen molar-refractivity contribution in [3.8, 4) is 147 Å². The van der Waals surface area contributed by atoms with Crippen molar-refractivity contribution in [2.45, 2.75) is 0 Å². The van der Waals surface area contributed by atoms with Gasteiger partial charge in [-0.15, -0.1) is 0 Å². The molecule has 0 spiro atoms. The number of aromatic nitrogens is 9. The molecule has 0 bridgehead atoms. The fourth-order valence-electron chi connectivity index (χ4n) is 15.9. The van der Waals surface area contributed by atoms with Crippen LogP contribution in [0, 0.1) is 0 Å². The summed E-state index contributed by atoms with van der Waals surface area (Å²) >= 11 is 0. The van der Waals surface area contributed by atoms with Crippen LogP contribution < -0.4 is 0 Å². The van der Waals surface area contributed by atoms with Crippen LogP contribution in [0.5, 0.6) is 0 Å². The first kappa shape index (κ1) is 72.7. The molecule has 0 aliphatic heterocycles. The number of hydrogen-bond donors (Lipinski definition) is 0. The Labute approximate surface area is 694 Å². The second-order valence-corrected chi connectivity index (χ2v) is 29.5. The largest absolute Gasteiger partial charge is 0.208 e. The molecule has 0 aliphatic carbocycles. The van der Waals surface area contributed by atoms with Crippen molar-refractivity contribution in [3.05, 3.63) is 443 Å². The molecule has 22 aromatic rings. The second kappa shape index (κ2) is 32.9. The van der Waals surface area contributed by atoms with Gasteiger partial charge in [-0.2, -0.15) is 0 Å². The monoisotopic (exact) mass is 1530 g/mol. The van der Waals surface area contributed by atoms with Crippen molar-refractivity contribution in [2.24, 2.45) is 0 Å². The average molecular weight is 1530 g/mol. The first-order valence-electron chi connectivity index (χ1n) is 40.2. The third kappa shape index (κ3) is 15.2. The van der Waals surface area contributed by atoms with E-state index in [9.17, 15) is 0 Å². The molecule has 3 aromatic heterocycles. The lowest BCUT2D eigenvalue weighted by Crippen LogP contribution is -2.00. The van der Waals surface area contributed by atoms with Gasteiger partial charge in [-0.1, -0.05) is 406 Å². The van der Waals surface area contributed by atoms with Gasteiger partial charge in [0.25, 0.3) is 0 Å². The first-order chi connectivity index (χ1) is 59.4. The summed E-state index contributed by atoms with van der Waals surface area (Å²) in [5.74, 6) is 5.91. The zero-order valence-electron chi connectivity index (χ0n) is 65.2. The molecule has 0 atom stereocenters. The zero-order valence-corrected chi connectivity index (χ0v) is 65.2. The molecule has 0 unspecified atom stereocenters. The predicted molar refractivity (Wildman–Crippen MR) is 495 cm³/mol. The highest BCUT2D eigenvalue weighted by atomic mass is 15.1. The van der Waals surface area contributed by atoms with E-state index >= 15 is 0 Å². The lowest BCUT2D eigenvalue weighted by molar-refractivity contribution is 1.07. The minimum absolute atomic E-state index is 0.645. The highest BCUT2D eigenvalue weighted by molar-refractivity contribution is 6.15. The molecule has 0 radical (unpaired) electrons. The predicted octanol–water partition coefficient (Wildman–Crippen LogP) is 28.2. The maximum absolute atomic E-state index is 5.06. The van der Waals surface area contributed by atoms with Crippen LogP contribution in [-0.2, 0) is 0 Å². The zero-order chi connectivity index (χ0) is 79.9. The summed E-state index contributed by atoms with van der Waals surface area (Å²) in [6, 6.07) is 153. The van der Waals surface area contributed by atoms with E-state index in [1.165, 1.54) is 59.6 Å². The molecule has 120 heavy (non-hydrogen) atoms. The molecule has 9 nitrogen and oxygen atoms in total. The molecular formula is C111H73N9. The summed E-state index contributed by atoms with van der Waals surface area (Å²) in [6.45, 7) is 0. The van der Waals surface area contributed by atoms with Crippen LogP contribution in [0.3, 0.4) is 0 Å². The Morgan fingerprint density at radius 3 is 0.750 bits per heavy atom. The van der Waals surface area contributed by atoms with Crippen molar-refractivity contribution in [3.63, 3.8) is 0 Å². The van der Waals surface area contributed by atoms with E-state index in [1.807, 2.05) is 109 Å². The normalized spacial score (nSPS) is 11.2. The van der Waals surface area contributed by atoms with Crippen molar-refractivity contribution < 1.29 is 0 Å². The SMILES string of the molecule is c1ccc(-c2ccc(-c3nc(-c4ccccc4)nc(-c4cc5ccccc5c5ccccc45)n3)cc2)cc1.c1ccc(-c2cccc(-c3nc(-c4cccc(-c5ccccc5)c4)nc(-c4ccc5c(ccc6ccccc65)c4)n3)c2)cc1.c1ccc(-c2nc(-c3ccccc3)nc(-c3cccc(-c4cc5ccccc5c5ccccc45)c3)n2)cc1.